The average molecular weight is 419 g/mol. The normalized spacial score (nSPS) is 22.0. The van der Waals surface area contributed by atoms with Crippen LogP contribution in [0.3, 0.4) is 0 Å². The van der Waals surface area contributed by atoms with Crippen molar-refractivity contribution in [2.24, 2.45) is 5.73 Å². The second-order valence-corrected chi connectivity index (χ2v) is 9.34. The van der Waals surface area contributed by atoms with Crippen molar-refractivity contribution in [2.45, 2.75) is 43.8 Å². The average Bonchev–Trinajstić information content (AvgIpc) is 3.06. The van der Waals surface area contributed by atoms with Crippen molar-refractivity contribution in [2.75, 3.05) is 6.61 Å². The molecule has 1 saturated heterocycles. The number of benzene rings is 2. The van der Waals surface area contributed by atoms with Gasteiger partial charge in [0.15, 0.2) is 18.3 Å². The number of ether oxygens (including phenoxy) is 2. The SMILES string of the molecule is CC(C)S(=O)(=O)OC1C(Oc2ccc(Cc3ccccc3)cc2)COC1C(N)=O. The van der Waals surface area contributed by atoms with Gasteiger partial charge in [-0.05, 0) is 43.5 Å². The van der Waals surface area contributed by atoms with E-state index in [-0.39, 0.29) is 6.61 Å². The summed E-state index contributed by atoms with van der Waals surface area (Å²) in [6.07, 6.45) is -2.31. The zero-order chi connectivity index (χ0) is 21.0. The largest absolute Gasteiger partial charge is 0.485 e. The number of hydrogen-bond acceptors (Lipinski definition) is 6. The van der Waals surface area contributed by atoms with Gasteiger partial charge in [0.1, 0.15) is 5.75 Å². The van der Waals surface area contributed by atoms with Crippen LogP contribution in [0.4, 0.5) is 0 Å². The van der Waals surface area contributed by atoms with Gasteiger partial charge in [-0.3, -0.25) is 8.98 Å². The van der Waals surface area contributed by atoms with Gasteiger partial charge in [-0.1, -0.05) is 42.5 Å². The number of carbonyl (C=O) groups excluding carboxylic acids is 1. The fourth-order valence-corrected chi connectivity index (χ4v) is 3.76. The molecule has 29 heavy (non-hydrogen) atoms. The predicted molar refractivity (Wildman–Crippen MR) is 108 cm³/mol. The lowest BCUT2D eigenvalue weighted by Crippen LogP contribution is -2.45. The summed E-state index contributed by atoms with van der Waals surface area (Å²) in [5, 5.41) is -0.769. The molecule has 7 nitrogen and oxygen atoms in total. The van der Waals surface area contributed by atoms with E-state index in [4.69, 9.17) is 19.4 Å². The highest BCUT2D eigenvalue weighted by molar-refractivity contribution is 7.87. The van der Waals surface area contributed by atoms with Gasteiger partial charge in [0.05, 0.1) is 11.9 Å². The van der Waals surface area contributed by atoms with E-state index in [1.807, 2.05) is 30.3 Å². The quantitative estimate of drug-likeness (QED) is 0.657. The molecule has 3 rings (SSSR count). The fourth-order valence-electron chi connectivity index (χ4n) is 3.00. The van der Waals surface area contributed by atoms with Crippen molar-refractivity contribution in [1.29, 1.82) is 0 Å². The molecule has 1 fully saturated rings. The lowest BCUT2D eigenvalue weighted by atomic mass is 10.1. The molecular weight excluding hydrogens is 394 g/mol. The standard InChI is InChI=1S/C21H25NO6S/c1-14(2)29(24,25)28-19-18(13-26-20(19)21(22)23)27-17-10-8-16(9-11-17)12-15-6-4-3-5-7-15/h3-11,14,18-20H,12-13H2,1-2H3,(H2,22,23). The number of primary amides is 1. The third-order valence-electron chi connectivity index (χ3n) is 4.67. The Labute approximate surface area is 170 Å². The van der Waals surface area contributed by atoms with Crippen molar-refractivity contribution in [3.63, 3.8) is 0 Å². The summed E-state index contributed by atoms with van der Waals surface area (Å²) in [5.74, 6) is -0.269. The molecule has 8 heteroatoms. The molecule has 1 aliphatic heterocycles. The van der Waals surface area contributed by atoms with Gasteiger partial charge in [-0.2, -0.15) is 8.42 Å². The van der Waals surface area contributed by atoms with Crippen molar-refractivity contribution in [1.82, 2.24) is 0 Å². The van der Waals surface area contributed by atoms with E-state index in [9.17, 15) is 13.2 Å². The minimum atomic E-state index is -3.88. The molecule has 0 bridgehead atoms. The monoisotopic (exact) mass is 419 g/mol. The zero-order valence-electron chi connectivity index (χ0n) is 16.4. The Morgan fingerprint density at radius 2 is 1.72 bits per heavy atom. The van der Waals surface area contributed by atoms with Crippen molar-refractivity contribution in [3.05, 3.63) is 65.7 Å². The molecule has 0 aromatic heterocycles. The van der Waals surface area contributed by atoms with Gasteiger partial charge in [0, 0.05) is 0 Å². The first-order valence-corrected chi connectivity index (χ1v) is 10.9. The molecule has 0 saturated carbocycles. The van der Waals surface area contributed by atoms with Gasteiger partial charge >= 0.3 is 0 Å². The van der Waals surface area contributed by atoms with Gasteiger partial charge in [0.25, 0.3) is 10.1 Å². The summed E-state index contributed by atoms with van der Waals surface area (Å²) >= 11 is 0. The summed E-state index contributed by atoms with van der Waals surface area (Å²) in [6.45, 7) is 2.98. The van der Waals surface area contributed by atoms with E-state index in [1.54, 1.807) is 12.1 Å². The van der Waals surface area contributed by atoms with Crippen LogP contribution >= 0.6 is 0 Å². The minimum Gasteiger partial charge on any atom is -0.485 e. The Bertz CT molecular complexity index is 927. The summed E-state index contributed by atoms with van der Waals surface area (Å²) in [4.78, 5) is 11.7. The Hall–Kier alpha value is -2.42. The molecular formula is C21H25NO6S. The van der Waals surface area contributed by atoms with Crippen LogP contribution in [0.2, 0.25) is 0 Å². The second kappa shape index (κ2) is 8.94. The van der Waals surface area contributed by atoms with Gasteiger partial charge in [0.2, 0.25) is 5.91 Å². The molecule has 1 amide bonds. The van der Waals surface area contributed by atoms with Crippen LogP contribution < -0.4 is 10.5 Å². The molecule has 1 aliphatic rings. The van der Waals surface area contributed by atoms with Crippen molar-refractivity contribution < 1.29 is 26.9 Å². The van der Waals surface area contributed by atoms with Crippen molar-refractivity contribution >= 4 is 16.0 Å². The lowest BCUT2D eigenvalue weighted by Gasteiger charge is -2.23. The highest BCUT2D eigenvalue weighted by Gasteiger charge is 2.46. The molecule has 1 heterocycles. The Morgan fingerprint density at radius 1 is 1.10 bits per heavy atom. The van der Waals surface area contributed by atoms with Crippen LogP contribution in [0.25, 0.3) is 0 Å². The number of hydrogen-bond donors (Lipinski definition) is 1. The second-order valence-electron chi connectivity index (χ2n) is 7.22. The molecule has 0 spiro atoms. The minimum absolute atomic E-state index is 0.00233. The van der Waals surface area contributed by atoms with Crippen LogP contribution in [-0.4, -0.2) is 44.5 Å². The highest BCUT2D eigenvalue weighted by Crippen LogP contribution is 2.26. The number of nitrogens with two attached hydrogens (primary N) is 1. The number of rotatable bonds is 8. The molecule has 0 radical (unpaired) electrons. The molecule has 2 aromatic rings. The maximum atomic E-state index is 12.2. The van der Waals surface area contributed by atoms with E-state index in [2.05, 4.69) is 12.1 Å². The van der Waals surface area contributed by atoms with E-state index in [1.165, 1.54) is 19.4 Å². The lowest BCUT2D eigenvalue weighted by molar-refractivity contribution is -0.129. The fraction of sp³-hybridized carbons (Fsp3) is 0.381. The first kappa shape index (κ1) is 21.3. The maximum Gasteiger partial charge on any atom is 0.270 e. The molecule has 156 valence electrons. The van der Waals surface area contributed by atoms with Crippen LogP contribution in [-0.2, 0) is 30.3 Å². The molecule has 2 N–H and O–H groups in total. The number of carbonyl (C=O) groups is 1. The maximum absolute atomic E-state index is 12.2. The Morgan fingerprint density at radius 3 is 2.31 bits per heavy atom. The third kappa shape index (κ3) is 5.35. The van der Waals surface area contributed by atoms with Crippen LogP contribution in [0.1, 0.15) is 25.0 Å². The third-order valence-corrected chi connectivity index (χ3v) is 6.31. The van der Waals surface area contributed by atoms with E-state index in [0.717, 1.165) is 12.0 Å². The van der Waals surface area contributed by atoms with Crippen LogP contribution in [0.5, 0.6) is 5.75 Å². The van der Waals surface area contributed by atoms with Crippen LogP contribution in [0.15, 0.2) is 54.6 Å². The van der Waals surface area contributed by atoms with Crippen LogP contribution in [0, 0.1) is 0 Å². The van der Waals surface area contributed by atoms with Gasteiger partial charge in [-0.15, -0.1) is 0 Å². The van der Waals surface area contributed by atoms with E-state index < -0.39 is 39.6 Å². The molecule has 2 aromatic carbocycles. The first-order valence-electron chi connectivity index (χ1n) is 9.39. The highest BCUT2D eigenvalue weighted by atomic mass is 32.2. The number of amides is 1. The summed E-state index contributed by atoms with van der Waals surface area (Å²) < 4.78 is 40.8. The molecule has 3 atom stereocenters. The molecule has 0 aliphatic carbocycles. The Balaban J connectivity index is 1.71. The Kier molecular flexibility index (Phi) is 6.56. The predicted octanol–water partition coefficient (Wildman–Crippen LogP) is 2.03. The van der Waals surface area contributed by atoms with Crippen molar-refractivity contribution in [3.8, 4) is 5.75 Å². The summed E-state index contributed by atoms with van der Waals surface area (Å²) in [5.41, 5.74) is 7.64. The summed E-state index contributed by atoms with van der Waals surface area (Å²) in [6, 6.07) is 17.5. The topological polar surface area (TPSA) is 105 Å². The van der Waals surface area contributed by atoms with Gasteiger partial charge in [-0.25, -0.2) is 0 Å². The summed E-state index contributed by atoms with van der Waals surface area (Å²) in [7, 11) is -3.88. The molecule has 3 unspecified atom stereocenters. The zero-order valence-corrected chi connectivity index (χ0v) is 17.2. The van der Waals surface area contributed by atoms with E-state index >= 15 is 0 Å². The smallest absolute Gasteiger partial charge is 0.270 e. The first-order chi connectivity index (χ1) is 13.8. The van der Waals surface area contributed by atoms with E-state index in [0.29, 0.717) is 5.75 Å². The van der Waals surface area contributed by atoms with Gasteiger partial charge < -0.3 is 15.2 Å².